The smallest absolute Gasteiger partial charge is 0.134 e. The van der Waals surface area contributed by atoms with Gasteiger partial charge in [0.15, 0.2) is 0 Å². The quantitative estimate of drug-likeness (QED) is 0.594. The molecule has 0 radical (unpaired) electrons. The van der Waals surface area contributed by atoms with Crippen molar-refractivity contribution >= 4 is 7.28 Å². The zero-order chi connectivity index (χ0) is 11.9. The van der Waals surface area contributed by atoms with Crippen molar-refractivity contribution in [3.8, 4) is 0 Å². The molecule has 94 valence electrons. The predicted molar refractivity (Wildman–Crippen MR) is 70.9 cm³/mol. The summed E-state index contributed by atoms with van der Waals surface area (Å²) in [6.07, 6.45) is 5.75. The number of likely N-dealkylation sites (N-methyl/N-ethyl adjacent to an activating group) is 1. The molecule has 4 fully saturated rings. The number of fused-ring (bicyclic) bond motifs is 2. The molecule has 4 unspecified atom stereocenters. The van der Waals surface area contributed by atoms with Crippen LogP contribution in [0.4, 0.5) is 0 Å². The molecule has 1 saturated carbocycles. The van der Waals surface area contributed by atoms with Gasteiger partial charge in [-0.05, 0) is 25.8 Å². The molecular weight excluding hydrogens is 209 g/mol. The average Bonchev–Trinajstić information content (AvgIpc) is 2.62. The molecule has 1 spiro atoms. The van der Waals surface area contributed by atoms with Crippen molar-refractivity contribution in [2.75, 3.05) is 20.3 Å². The summed E-state index contributed by atoms with van der Waals surface area (Å²) in [5, 5.41) is 1.35. The van der Waals surface area contributed by atoms with Gasteiger partial charge in [-0.1, -0.05) is 37.3 Å². The molecule has 4 rings (SSSR count). The Bertz CT molecular complexity index is 369. The molecule has 17 heavy (non-hydrogen) atoms. The minimum Gasteiger partial charge on any atom is -0.377 e. The van der Waals surface area contributed by atoms with E-state index in [2.05, 4.69) is 25.8 Å². The van der Waals surface area contributed by atoms with Gasteiger partial charge in [-0.15, -0.1) is 0 Å². The van der Waals surface area contributed by atoms with Crippen LogP contribution in [-0.4, -0.2) is 44.0 Å². The molecule has 0 aromatic heterocycles. The number of rotatable bonds is 0. The lowest BCUT2D eigenvalue weighted by molar-refractivity contribution is -0.122. The number of ether oxygens (including phenoxy) is 1. The predicted octanol–water partition coefficient (Wildman–Crippen LogP) is 2.07. The van der Waals surface area contributed by atoms with E-state index < -0.39 is 0 Å². The van der Waals surface area contributed by atoms with Gasteiger partial charge < -0.3 is 4.74 Å². The Morgan fingerprint density at radius 2 is 1.94 bits per heavy atom. The van der Waals surface area contributed by atoms with Crippen LogP contribution in [-0.2, 0) is 4.74 Å². The van der Waals surface area contributed by atoms with E-state index in [4.69, 9.17) is 4.74 Å². The van der Waals surface area contributed by atoms with Crippen LogP contribution in [0, 0.1) is 5.92 Å². The first kappa shape index (κ1) is 10.9. The average molecular weight is 233 g/mol. The van der Waals surface area contributed by atoms with E-state index in [1.54, 1.807) is 0 Å². The van der Waals surface area contributed by atoms with Crippen LogP contribution in [0.5, 0.6) is 0 Å². The van der Waals surface area contributed by atoms with Gasteiger partial charge in [-0.3, -0.25) is 4.90 Å². The van der Waals surface area contributed by atoms with Gasteiger partial charge in [0, 0.05) is 6.04 Å². The molecule has 0 aromatic carbocycles. The first-order valence-electron chi connectivity index (χ1n) is 7.29. The van der Waals surface area contributed by atoms with E-state index in [1.165, 1.54) is 33.0 Å². The SMILES string of the molecule is CN1C2CCC3(C)BC3(C)CC2CC12COC2. The third kappa shape index (κ3) is 1.20. The zero-order valence-electron chi connectivity index (χ0n) is 11.5. The highest BCUT2D eigenvalue weighted by Crippen LogP contribution is 2.76. The standard InChI is InChI=1S/C14H24BNO/c1-12-5-4-11-10(6-13(12,2)15-12)7-14(16(11)3)8-17-9-14/h10-11,15H,4-9H2,1-3H3. The third-order valence-corrected chi connectivity index (χ3v) is 6.99. The largest absolute Gasteiger partial charge is 0.377 e. The van der Waals surface area contributed by atoms with E-state index in [0.29, 0.717) is 16.2 Å². The van der Waals surface area contributed by atoms with Crippen molar-refractivity contribution < 1.29 is 4.74 Å². The molecule has 0 amide bonds. The van der Waals surface area contributed by atoms with Crippen molar-refractivity contribution in [1.82, 2.24) is 4.90 Å². The van der Waals surface area contributed by atoms with Crippen LogP contribution >= 0.6 is 0 Å². The Morgan fingerprint density at radius 3 is 2.59 bits per heavy atom. The summed E-state index contributed by atoms with van der Waals surface area (Å²) < 4.78 is 5.51. The zero-order valence-corrected chi connectivity index (χ0v) is 11.5. The second kappa shape index (κ2) is 2.93. The van der Waals surface area contributed by atoms with Crippen molar-refractivity contribution in [2.24, 2.45) is 5.92 Å². The summed E-state index contributed by atoms with van der Waals surface area (Å²) >= 11 is 0. The molecule has 3 saturated heterocycles. The lowest BCUT2D eigenvalue weighted by Crippen LogP contribution is -2.58. The molecule has 2 nitrogen and oxygen atoms in total. The van der Waals surface area contributed by atoms with E-state index in [-0.39, 0.29) is 0 Å². The van der Waals surface area contributed by atoms with E-state index in [0.717, 1.165) is 25.2 Å². The summed E-state index contributed by atoms with van der Waals surface area (Å²) in [5.41, 5.74) is 0.439. The summed E-state index contributed by atoms with van der Waals surface area (Å²) in [6.45, 7) is 7.04. The van der Waals surface area contributed by atoms with Crippen molar-refractivity contribution in [3.05, 3.63) is 0 Å². The number of nitrogens with zero attached hydrogens (tertiary/aromatic N) is 1. The second-order valence-corrected chi connectivity index (χ2v) is 7.90. The highest BCUT2D eigenvalue weighted by Gasteiger charge is 2.66. The summed E-state index contributed by atoms with van der Waals surface area (Å²) in [7, 11) is 3.84. The van der Waals surface area contributed by atoms with E-state index in [9.17, 15) is 0 Å². The first-order valence-corrected chi connectivity index (χ1v) is 7.29. The van der Waals surface area contributed by atoms with Gasteiger partial charge in [0.1, 0.15) is 7.28 Å². The van der Waals surface area contributed by atoms with Crippen LogP contribution in [0.3, 0.4) is 0 Å². The maximum Gasteiger partial charge on any atom is 0.134 e. The Balaban J connectivity index is 1.61. The number of likely N-dealkylation sites (tertiary alicyclic amines) is 1. The van der Waals surface area contributed by atoms with Gasteiger partial charge in [-0.2, -0.15) is 0 Å². The van der Waals surface area contributed by atoms with Crippen molar-refractivity contribution in [1.29, 1.82) is 0 Å². The Labute approximate surface area is 105 Å². The maximum atomic E-state index is 5.51. The van der Waals surface area contributed by atoms with Gasteiger partial charge in [-0.25, -0.2) is 0 Å². The first-order chi connectivity index (χ1) is 7.98. The van der Waals surface area contributed by atoms with Gasteiger partial charge >= 0.3 is 0 Å². The van der Waals surface area contributed by atoms with Crippen LogP contribution in [0.25, 0.3) is 0 Å². The molecule has 3 aliphatic heterocycles. The monoisotopic (exact) mass is 233 g/mol. The Morgan fingerprint density at radius 1 is 1.18 bits per heavy atom. The fourth-order valence-electron chi connectivity index (χ4n) is 5.30. The topological polar surface area (TPSA) is 12.5 Å². The minimum atomic E-state index is 0.439. The van der Waals surface area contributed by atoms with Crippen LogP contribution in [0.15, 0.2) is 0 Å². The maximum absolute atomic E-state index is 5.51. The number of hydrogen-bond acceptors (Lipinski definition) is 2. The Kier molecular flexibility index (Phi) is 1.87. The highest BCUT2D eigenvalue weighted by atomic mass is 16.5. The van der Waals surface area contributed by atoms with Gasteiger partial charge in [0.05, 0.1) is 18.8 Å². The van der Waals surface area contributed by atoms with Crippen LogP contribution in [0.1, 0.15) is 39.5 Å². The van der Waals surface area contributed by atoms with Crippen molar-refractivity contribution in [3.63, 3.8) is 0 Å². The molecule has 3 heterocycles. The highest BCUT2D eigenvalue weighted by molar-refractivity contribution is 6.59. The fraction of sp³-hybridized carbons (Fsp3) is 1.00. The lowest BCUT2D eigenvalue weighted by Gasteiger charge is -2.45. The van der Waals surface area contributed by atoms with E-state index >= 15 is 0 Å². The minimum absolute atomic E-state index is 0.439. The number of hydrogen-bond donors (Lipinski definition) is 0. The normalized spacial score (nSPS) is 55.5. The molecule has 3 heteroatoms. The third-order valence-electron chi connectivity index (χ3n) is 6.99. The second-order valence-electron chi connectivity index (χ2n) is 7.90. The lowest BCUT2D eigenvalue weighted by atomic mass is 9.76. The van der Waals surface area contributed by atoms with E-state index in [1.807, 2.05) is 0 Å². The molecule has 4 atom stereocenters. The molecule has 0 aromatic rings. The summed E-state index contributed by atoms with van der Waals surface area (Å²) in [6, 6.07) is 0.848. The van der Waals surface area contributed by atoms with Crippen LogP contribution in [0.2, 0.25) is 10.6 Å². The van der Waals surface area contributed by atoms with Crippen LogP contribution < -0.4 is 0 Å². The van der Waals surface area contributed by atoms with Crippen molar-refractivity contribution in [2.45, 2.75) is 61.7 Å². The fourth-order valence-corrected chi connectivity index (χ4v) is 5.30. The molecule has 0 N–H and O–H groups in total. The van der Waals surface area contributed by atoms with Gasteiger partial charge in [0.2, 0.25) is 0 Å². The molecule has 4 aliphatic rings. The molecule has 0 bridgehead atoms. The summed E-state index contributed by atoms with van der Waals surface area (Å²) in [5.74, 6) is 0.943. The Hall–Kier alpha value is -0.0151. The summed E-state index contributed by atoms with van der Waals surface area (Å²) in [4.78, 5) is 2.69. The molecular formula is C14H24BNO. The van der Waals surface area contributed by atoms with Gasteiger partial charge in [0.25, 0.3) is 0 Å². The molecule has 1 aliphatic carbocycles.